The highest BCUT2D eigenvalue weighted by molar-refractivity contribution is 6.32. The van der Waals surface area contributed by atoms with Crippen LogP contribution in [-0.2, 0) is 6.54 Å². The van der Waals surface area contributed by atoms with Crippen molar-refractivity contribution < 1.29 is 4.74 Å². The molecule has 0 aromatic heterocycles. The van der Waals surface area contributed by atoms with E-state index >= 15 is 0 Å². The number of para-hydroxylation sites is 1. The van der Waals surface area contributed by atoms with Crippen molar-refractivity contribution in [1.29, 1.82) is 0 Å². The molecule has 1 aromatic carbocycles. The summed E-state index contributed by atoms with van der Waals surface area (Å²) in [4.78, 5) is 0. The van der Waals surface area contributed by atoms with E-state index in [1.165, 1.54) is 0 Å². The van der Waals surface area contributed by atoms with Gasteiger partial charge in [0.2, 0.25) is 0 Å². The van der Waals surface area contributed by atoms with E-state index in [0.717, 1.165) is 24.2 Å². The van der Waals surface area contributed by atoms with E-state index in [9.17, 15) is 0 Å². The third-order valence-electron chi connectivity index (χ3n) is 2.01. The van der Waals surface area contributed by atoms with Crippen LogP contribution < -0.4 is 10.5 Å². The maximum Gasteiger partial charge on any atom is 0.142 e. The maximum absolute atomic E-state index is 6.01. The lowest BCUT2D eigenvalue weighted by Gasteiger charge is -2.11. The zero-order valence-corrected chi connectivity index (χ0v) is 9.18. The monoisotopic (exact) mass is 213 g/mol. The van der Waals surface area contributed by atoms with E-state index in [-0.39, 0.29) is 0 Å². The van der Waals surface area contributed by atoms with Crippen LogP contribution in [-0.4, -0.2) is 6.61 Å². The van der Waals surface area contributed by atoms with Crippen LogP contribution in [0.4, 0.5) is 0 Å². The lowest BCUT2D eigenvalue weighted by molar-refractivity contribution is 0.306. The normalized spacial score (nSPS) is 10.2. The maximum atomic E-state index is 6.01. The number of hydrogen-bond acceptors (Lipinski definition) is 2. The summed E-state index contributed by atoms with van der Waals surface area (Å²) in [6, 6.07) is 5.65. The van der Waals surface area contributed by atoms with Gasteiger partial charge in [-0.2, -0.15) is 0 Å². The Morgan fingerprint density at radius 3 is 2.86 bits per heavy atom. The van der Waals surface area contributed by atoms with Gasteiger partial charge in [-0.3, -0.25) is 0 Å². The minimum absolute atomic E-state index is 0.460. The summed E-state index contributed by atoms with van der Waals surface area (Å²) in [5, 5.41) is 0.643. The molecule has 2 N–H and O–H groups in total. The number of ether oxygens (including phenoxy) is 1. The van der Waals surface area contributed by atoms with Gasteiger partial charge in [0.05, 0.1) is 11.6 Å². The molecule has 0 spiro atoms. The fraction of sp³-hybridized carbons (Fsp3) is 0.455. The van der Waals surface area contributed by atoms with Crippen LogP contribution in [0.5, 0.6) is 5.75 Å². The quantitative estimate of drug-likeness (QED) is 0.764. The first kappa shape index (κ1) is 11.3. The summed E-state index contributed by atoms with van der Waals surface area (Å²) in [6.45, 7) is 3.29. The number of nitrogens with two attached hydrogens (primary N) is 1. The molecule has 14 heavy (non-hydrogen) atoms. The second-order valence-electron chi connectivity index (χ2n) is 3.13. The van der Waals surface area contributed by atoms with Crippen LogP contribution >= 0.6 is 11.6 Å². The summed E-state index contributed by atoms with van der Waals surface area (Å²) < 4.78 is 5.59. The molecule has 0 bridgehead atoms. The number of hydrogen-bond donors (Lipinski definition) is 1. The highest BCUT2D eigenvalue weighted by atomic mass is 35.5. The standard InChI is InChI=1S/C11H16ClNO/c1-2-3-7-14-11-9(8-13)5-4-6-10(11)12/h4-6H,2-3,7-8,13H2,1H3. The van der Waals surface area contributed by atoms with Crippen molar-refractivity contribution in [2.24, 2.45) is 5.73 Å². The van der Waals surface area contributed by atoms with Crippen LogP contribution in [0.1, 0.15) is 25.3 Å². The molecule has 0 aliphatic carbocycles. The second-order valence-corrected chi connectivity index (χ2v) is 3.54. The summed E-state index contributed by atoms with van der Waals surface area (Å²) >= 11 is 6.01. The Morgan fingerprint density at radius 1 is 1.43 bits per heavy atom. The van der Waals surface area contributed by atoms with Crippen molar-refractivity contribution in [1.82, 2.24) is 0 Å². The molecule has 0 radical (unpaired) electrons. The van der Waals surface area contributed by atoms with Crippen LogP contribution in [0.25, 0.3) is 0 Å². The molecular formula is C11H16ClNO. The molecule has 1 rings (SSSR count). The fourth-order valence-corrected chi connectivity index (χ4v) is 1.44. The number of halogens is 1. The van der Waals surface area contributed by atoms with Crippen LogP contribution in [0, 0.1) is 0 Å². The average Bonchev–Trinajstić information content (AvgIpc) is 2.20. The third kappa shape index (κ3) is 2.89. The van der Waals surface area contributed by atoms with Crippen molar-refractivity contribution in [2.45, 2.75) is 26.3 Å². The summed E-state index contributed by atoms with van der Waals surface area (Å²) in [6.07, 6.45) is 2.15. The molecule has 3 heteroatoms. The molecule has 0 saturated carbocycles. The topological polar surface area (TPSA) is 35.2 Å². The molecule has 0 aliphatic heterocycles. The zero-order chi connectivity index (χ0) is 10.4. The first-order valence-corrected chi connectivity index (χ1v) is 5.27. The van der Waals surface area contributed by atoms with Crippen LogP contribution in [0.2, 0.25) is 5.02 Å². The number of unbranched alkanes of at least 4 members (excludes halogenated alkanes) is 1. The smallest absolute Gasteiger partial charge is 0.142 e. The third-order valence-corrected chi connectivity index (χ3v) is 2.31. The molecule has 0 heterocycles. The van der Waals surface area contributed by atoms with Crippen molar-refractivity contribution in [3.63, 3.8) is 0 Å². The Kier molecular flexibility index (Phi) is 4.77. The molecule has 0 amide bonds. The Bertz CT molecular complexity index is 289. The Hall–Kier alpha value is -0.730. The first-order chi connectivity index (χ1) is 6.79. The number of rotatable bonds is 5. The van der Waals surface area contributed by atoms with Crippen LogP contribution in [0.3, 0.4) is 0 Å². The molecule has 78 valence electrons. The zero-order valence-electron chi connectivity index (χ0n) is 8.42. The lowest BCUT2D eigenvalue weighted by Crippen LogP contribution is -2.04. The van der Waals surface area contributed by atoms with E-state index in [4.69, 9.17) is 22.1 Å². The minimum atomic E-state index is 0.460. The molecule has 0 aliphatic rings. The summed E-state index contributed by atoms with van der Waals surface area (Å²) in [5.74, 6) is 0.741. The Balaban J connectivity index is 2.72. The van der Waals surface area contributed by atoms with Crippen molar-refractivity contribution in [2.75, 3.05) is 6.61 Å². The molecular weight excluding hydrogens is 198 g/mol. The van der Waals surface area contributed by atoms with E-state index in [0.29, 0.717) is 18.2 Å². The van der Waals surface area contributed by atoms with Gasteiger partial charge >= 0.3 is 0 Å². The molecule has 2 nitrogen and oxygen atoms in total. The average molecular weight is 214 g/mol. The Morgan fingerprint density at radius 2 is 2.21 bits per heavy atom. The second kappa shape index (κ2) is 5.89. The lowest BCUT2D eigenvalue weighted by atomic mass is 10.2. The van der Waals surface area contributed by atoms with Gasteiger partial charge in [-0.25, -0.2) is 0 Å². The largest absolute Gasteiger partial charge is 0.492 e. The minimum Gasteiger partial charge on any atom is -0.492 e. The SMILES string of the molecule is CCCCOc1c(Cl)cccc1CN. The van der Waals surface area contributed by atoms with E-state index < -0.39 is 0 Å². The molecule has 0 saturated heterocycles. The van der Waals surface area contributed by atoms with Crippen LogP contribution in [0.15, 0.2) is 18.2 Å². The highest BCUT2D eigenvalue weighted by Gasteiger charge is 2.06. The van der Waals surface area contributed by atoms with Crippen molar-refractivity contribution >= 4 is 11.6 Å². The van der Waals surface area contributed by atoms with E-state index in [2.05, 4.69) is 6.92 Å². The van der Waals surface area contributed by atoms with Crippen molar-refractivity contribution in [3.05, 3.63) is 28.8 Å². The first-order valence-electron chi connectivity index (χ1n) is 4.89. The van der Waals surface area contributed by atoms with Gasteiger partial charge in [0, 0.05) is 12.1 Å². The summed E-state index contributed by atoms with van der Waals surface area (Å²) in [5.41, 5.74) is 6.55. The van der Waals surface area contributed by atoms with Gasteiger partial charge in [-0.1, -0.05) is 37.1 Å². The predicted octanol–water partition coefficient (Wildman–Crippen LogP) is 2.98. The molecule has 1 aromatic rings. The van der Waals surface area contributed by atoms with E-state index in [1.807, 2.05) is 18.2 Å². The number of benzene rings is 1. The highest BCUT2D eigenvalue weighted by Crippen LogP contribution is 2.28. The van der Waals surface area contributed by atoms with Crippen molar-refractivity contribution in [3.8, 4) is 5.75 Å². The molecule has 0 fully saturated rings. The van der Waals surface area contributed by atoms with Gasteiger partial charge in [0.15, 0.2) is 0 Å². The molecule has 0 unspecified atom stereocenters. The van der Waals surface area contributed by atoms with E-state index in [1.54, 1.807) is 0 Å². The van der Waals surface area contributed by atoms with Gasteiger partial charge < -0.3 is 10.5 Å². The predicted molar refractivity (Wildman–Crippen MR) is 59.7 cm³/mol. The molecule has 0 atom stereocenters. The van der Waals surface area contributed by atoms with Gasteiger partial charge in [0.25, 0.3) is 0 Å². The Labute approximate surface area is 90.0 Å². The summed E-state index contributed by atoms with van der Waals surface area (Å²) in [7, 11) is 0. The van der Waals surface area contributed by atoms with Gasteiger partial charge in [0.1, 0.15) is 5.75 Å². The van der Waals surface area contributed by atoms with Gasteiger partial charge in [-0.15, -0.1) is 0 Å². The van der Waals surface area contributed by atoms with Gasteiger partial charge in [-0.05, 0) is 12.5 Å². The fourth-order valence-electron chi connectivity index (χ4n) is 1.19.